The summed E-state index contributed by atoms with van der Waals surface area (Å²) in [4.78, 5) is 27.8. The molecule has 2 unspecified atom stereocenters. The molecule has 0 aromatic heterocycles. The zero-order valence-corrected chi connectivity index (χ0v) is 17.8. The van der Waals surface area contributed by atoms with E-state index in [0.29, 0.717) is 12.3 Å². The largest absolute Gasteiger partial charge is 0.332 e. The molecule has 2 rings (SSSR count). The molecule has 144 valence electrons. The van der Waals surface area contributed by atoms with E-state index in [1.54, 1.807) is 11.8 Å². The van der Waals surface area contributed by atoms with Crippen molar-refractivity contribution < 1.29 is 9.59 Å². The average molecular weight is 394 g/mol. The van der Waals surface area contributed by atoms with E-state index < -0.39 is 5.41 Å². The maximum Gasteiger partial charge on any atom is 0.228 e. The molecule has 0 bridgehead atoms. The fourth-order valence-electron chi connectivity index (χ4n) is 3.51. The Morgan fingerprint density at radius 3 is 2.54 bits per heavy atom. The van der Waals surface area contributed by atoms with Gasteiger partial charge in [0, 0.05) is 12.0 Å². The third kappa shape index (κ3) is 5.78. The summed E-state index contributed by atoms with van der Waals surface area (Å²) in [6.45, 7) is 6.49. The first kappa shape index (κ1) is 21.4. The minimum Gasteiger partial charge on any atom is -0.332 e. The second kappa shape index (κ2) is 9.84. The average Bonchev–Trinajstić information content (AvgIpc) is 3.01. The Balaban J connectivity index is 2.13. The molecule has 1 aromatic carbocycles. The lowest BCUT2D eigenvalue weighted by Crippen LogP contribution is -2.48. The lowest BCUT2D eigenvalue weighted by molar-refractivity contribution is -0.144. The van der Waals surface area contributed by atoms with Gasteiger partial charge in [0.2, 0.25) is 5.91 Å². The zero-order valence-electron chi connectivity index (χ0n) is 16.1. The summed E-state index contributed by atoms with van der Waals surface area (Å²) in [7, 11) is 0. The quantitative estimate of drug-likeness (QED) is 0.533. The maximum absolute atomic E-state index is 13.0. The van der Waals surface area contributed by atoms with E-state index >= 15 is 0 Å². The zero-order chi connectivity index (χ0) is 19.2. The van der Waals surface area contributed by atoms with E-state index in [1.165, 1.54) is 5.56 Å². The van der Waals surface area contributed by atoms with Crippen LogP contribution in [-0.2, 0) is 16.0 Å². The highest BCUT2D eigenvalue weighted by molar-refractivity contribution is 7.99. The van der Waals surface area contributed by atoms with Gasteiger partial charge in [-0.3, -0.25) is 9.59 Å². The van der Waals surface area contributed by atoms with E-state index in [2.05, 4.69) is 24.8 Å². The first-order valence-corrected chi connectivity index (χ1v) is 11.2. The van der Waals surface area contributed by atoms with Gasteiger partial charge in [0.1, 0.15) is 0 Å². The monoisotopic (exact) mass is 393 g/mol. The molecule has 1 aliphatic rings. The number of amides is 1. The van der Waals surface area contributed by atoms with Crippen LogP contribution in [0.3, 0.4) is 0 Å². The second-order valence-electron chi connectivity index (χ2n) is 8.03. The number of hydrogen-bond acceptors (Lipinski definition) is 4. The van der Waals surface area contributed by atoms with Gasteiger partial charge >= 0.3 is 0 Å². The number of hydrogen-bond donors (Lipinski definition) is 1. The normalized spacial score (nSPS) is 20.4. The number of benzene rings is 1. The van der Waals surface area contributed by atoms with E-state index in [9.17, 15) is 9.59 Å². The number of nitrogens with zero attached hydrogens (tertiary/aromatic N) is 1. The van der Waals surface area contributed by atoms with Gasteiger partial charge in [-0.25, -0.2) is 0 Å². The van der Waals surface area contributed by atoms with Crippen LogP contribution in [0.25, 0.3) is 0 Å². The predicted octanol–water partition coefficient (Wildman–Crippen LogP) is 4.11. The number of thiol groups is 1. The second-order valence-corrected chi connectivity index (χ2v) is 9.58. The topological polar surface area (TPSA) is 37.4 Å². The van der Waals surface area contributed by atoms with Gasteiger partial charge in [0.05, 0.1) is 11.8 Å². The Kier molecular flexibility index (Phi) is 8.08. The molecule has 26 heavy (non-hydrogen) atoms. The number of rotatable bonds is 8. The maximum atomic E-state index is 13.0. The van der Waals surface area contributed by atoms with Crippen LogP contribution in [0.2, 0.25) is 0 Å². The summed E-state index contributed by atoms with van der Waals surface area (Å²) in [5.41, 5.74) is 0.780. The van der Waals surface area contributed by atoms with Crippen molar-refractivity contribution in [2.75, 3.05) is 23.8 Å². The molecular weight excluding hydrogens is 362 g/mol. The highest BCUT2D eigenvalue weighted by atomic mass is 32.2. The Bertz CT molecular complexity index is 598. The molecular formula is C21H31NO2S2. The van der Waals surface area contributed by atoms with Crippen LogP contribution < -0.4 is 0 Å². The van der Waals surface area contributed by atoms with Gasteiger partial charge < -0.3 is 4.90 Å². The van der Waals surface area contributed by atoms with E-state index in [0.717, 1.165) is 30.8 Å². The van der Waals surface area contributed by atoms with Gasteiger partial charge in [-0.05, 0) is 42.2 Å². The Labute approximate surface area is 167 Å². The highest BCUT2D eigenvalue weighted by Gasteiger charge is 2.43. The van der Waals surface area contributed by atoms with Crippen molar-refractivity contribution in [1.29, 1.82) is 0 Å². The predicted molar refractivity (Wildman–Crippen MR) is 114 cm³/mol. The molecule has 1 amide bonds. The van der Waals surface area contributed by atoms with Crippen molar-refractivity contribution in [3.05, 3.63) is 35.9 Å². The Hall–Kier alpha value is -0.940. The minimum atomic E-state index is -0.459. The summed E-state index contributed by atoms with van der Waals surface area (Å²) >= 11 is 5.89. The molecule has 1 aliphatic heterocycles. The standard InChI is InChI=1S/C21H31NO2S2/c1-21(2,3)20(24)22-11-10-17(14-16-8-5-4-6-9-16)19(22)18(23)15-26-13-7-12-25/h4-6,8-9,17,19,25H,7,10-15H2,1-3H3. The summed E-state index contributed by atoms with van der Waals surface area (Å²) in [5, 5.41) is 0. The first-order chi connectivity index (χ1) is 12.3. The van der Waals surface area contributed by atoms with Gasteiger partial charge in [-0.1, -0.05) is 51.1 Å². The third-order valence-corrected chi connectivity index (χ3v) is 6.17. The minimum absolute atomic E-state index is 0.0896. The summed E-state index contributed by atoms with van der Waals surface area (Å²) in [6, 6.07) is 10.0. The van der Waals surface area contributed by atoms with E-state index in [-0.39, 0.29) is 23.7 Å². The molecule has 1 aromatic rings. The van der Waals surface area contributed by atoms with Crippen LogP contribution in [0.15, 0.2) is 30.3 Å². The molecule has 0 radical (unpaired) electrons. The third-order valence-electron chi connectivity index (χ3n) is 4.79. The number of thioether (sulfide) groups is 1. The van der Waals surface area contributed by atoms with Crippen molar-refractivity contribution in [3.63, 3.8) is 0 Å². The van der Waals surface area contributed by atoms with Crippen LogP contribution in [0, 0.1) is 11.3 Å². The van der Waals surface area contributed by atoms with Crippen LogP contribution >= 0.6 is 24.4 Å². The lowest BCUT2D eigenvalue weighted by Gasteiger charge is -2.32. The SMILES string of the molecule is CC(C)(C)C(=O)N1CCC(Cc2ccccc2)C1C(=O)CSCCCS. The van der Waals surface area contributed by atoms with Gasteiger partial charge in [-0.2, -0.15) is 24.4 Å². The van der Waals surface area contributed by atoms with Crippen LogP contribution in [0.5, 0.6) is 0 Å². The number of carbonyl (C=O) groups is 2. The first-order valence-electron chi connectivity index (χ1n) is 9.41. The van der Waals surface area contributed by atoms with Gasteiger partial charge in [0.15, 0.2) is 5.78 Å². The fourth-order valence-corrected chi connectivity index (χ4v) is 4.74. The highest BCUT2D eigenvalue weighted by Crippen LogP contribution is 2.32. The van der Waals surface area contributed by atoms with E-state index in [4.69, 9.17) is 0 Å². The van der Waals surface area contributed by atoms with Crippen LogP contribution in [-0.4, -0.2) is 46.4 Å². The van der Waals surface area contributed by atoms with Crippen LogP contribution in [0.4, 0.5) is 0 Å². The molecule has 5 heteroatoms. The van der Waals surface area contributed by atoms with Gasteiger partial charge in [-0.15, -0.1) is 0 Å². The number of ketones is 1. The van der Waals surface area contributed by atoms with Crippen molar-refractivity contribution >= 4 is 36.1 Å². The molecule has 2 atom stereocenters. The van der Waals surface area contributed by atoms with Crippen molar-refractivity contribution in [2.24, 2.45) is 11.3 Å². The molecule has 0 saturated carbocycles. The van der Waals surface area contributed by atoms with Crippen molar-refractivity contribution in [3.8, 4) is 0 Å². The molecule has 0 N–H and O–H groups in total. The van der Waals surface area contributed by atoms with Gasteiger partial charge in [0.25, 0.3) is 0 Å². The number of carbonyl (C=O) groups excluding carboxylic acids is 2. The summed E-state index contributed by atoms with van der Waals surface area (Å²) in [6.07, 6.45) is 2.75. The summed E-state index contributed by atoms with van der Waals surface area (Å²) < 4.78 is 0. The van der Waals surface area contributed by atoms with Crippen LogP contribution in [0.1, 0.15) is 39.2 Å². The summed E-state index contributed by atoms with van der Waals surface area (Å²) in [5.74, 6) is 2.77. The molecule has 1 fully saturated rings. The fraction of sp³-hybridized carbons (Fsp3) is 0.619. The van der Waals surface area contributed by atoms with E-state index in [1.807, 2.05) is 43.9 Å². The lowest BCUT2D eigenvalue weighted by atomic mass is 9.89. The van der Waals surface area contributed by atoms with Crippen molar-refractivity contribution in [2.45, 2.75) is 46.1 Å². The number of Topliss-reactive ketones (excluding diaryl/α,β-unsaturated/α-hetero) is 1. The Morgan fingerprint density at radius 1 is 1.23 bits per heavy atom. The molecule has 0 spiro atoms. The smallest absolute Gasteiger partial charge is 0.228 e. The number of likely N-dealkylation sites (tertiary alicyclic amines) is 1. The Morgan fingerprint density at radius 2 is 1.92 bits per heavy atom. The molecule has 3 nitrogen and oxygen atoms in total. The molecule has 1 saturated heterocycles. The van der Waals surface area contributed by atoms with Crippen molar-refractivity contribution in [1.82, 2.24) is 4.90 Å². The molecule has 1 heterocycles. The molecule has 0 aliphatic carbocycles.